The molecule has 0 saturated heterocycles. The Balaban J connectivity index is 1.74. The van der Waals surface area contributed by atoms with Gasteiger partial charge in [-0.2, -0.15) is 0 Å². The monoisotopic (exact) mass is 363 g/mol. The molecule has 0 amide bonds. The smallest absolute Gasteiger partial charge is 0.206 e. The van der Waals surface area contributed by atoms with Crippen LogP contribution < -0.4 is 0 Å². The summed E-state index contributed by atoms with van der Waals surface area (Å²) >= 11 is 6.01. The third-order valence-electron chi connectivity index (χ3n) is 4.89. The number of carbonyl (C=O) groups is 1. The van der Waals surface area contributed by atoms with Crippen LogP contribution in [0.15, 0.2) is 71.7 Å². The second-order valence-electron chi connectivity index (χ2n) is 6.71. The summed E-state index contributed by atoms with van der Waals surface area (Å²) in [5.41, 5.74) is 0.744. The van der Waals surface area contributed by atoms with Crippen LogP contribution in [-0.2, 0) is 10.3 Å². The minimum absolute atomic E-state index is 0.0752. The summed E-state index contributed by atoms with van der Waals surface area (Å²) in [7, 11) is 0. The van der Waals surface area contributed by atoms with Crippen molar-refractivity contribution < 1.29 is 9.53 Å². The normalized spacial score (nSPS) is 22.1. The lowest BCUT2D eigenvalue weighted by Crippen LogP contribution is -2.39. The number of aliphatic imine (C=N–C) groups is 1. The maximum Gasteiger partial charge on any atom is 0.206 e. The first kappa shape index (κ1) is 16.8. The SMILES string of the molecule is CC1=NC(C)(c2ccc(Cl)cc2)C(C(=O)c2ccc3ccccc3c2)O1. The van der Waals surface area contributed by atoms with Gasteiger partial charge in [0, 0.05) is 17.5 Å². The van der Waals surface area contributed by atoms with Gasteiger partial charge >= 0.3 is 0 Å². The van der Waals surface area contributed by atoms with Gasteiger partial charge < -0.3 is 4.74 Å². The number of rotatable bonds is 3. The van der Waals surface area contributed by atoms with E-state index in [9.17, 15) is 4.79 Å². The van der Waals surface area contributed by atoms with Gasteiger partial charge in [-0.25, -0.2) is 4.99 Å². The van der Waals surface area contributed by atoms with Gasteiger partial charge in [0.25, 0.3) is 0 Å². The fourth-order valence-corrected chi connectivity index (χ4v) is 3.63. The Morgan fingerprint density at radius 3 is 2.46 bits per heavy atom. The Bertz CT molecular complexity index is 1030. The van der Waals surface area contributed by atoms with E-state index in [-0.39, 0.29) is 5.78 Å². The highest BCUT2D eigenvalue weighted by atomic mass is 35.5. The Morgan fingerprint density at radius 1 is 1.04 bits per heavy atom. The van der Waals surface area contributed by atoms with E-state index in [0.29, 0.717) is 16.5 Å². The molecule has 3 aromatic carbocycles. The molecule has 4 heteroatoms. The van der Waals surface area contributed by atoms with E-state index < -0.39 is 11.6 Å². The lowest BCUT2D eigenvalue weighted by Gasteiger charge is -2.27. The Kier molecular flexibility index (Phi) is 4.04. The number of fused-ring (bicyclic) bond motifs is 1. The number of hydrogen-bond donors (Lipinski definition) is 0. The van der Waals surface area contributed by atoms with Gasteiger partial charge in [-0.1, -0.05) is 60.1 Å². The fraction of sp³-hybridized carbons (Fsp3) is 0.182. The molecule has 0 radical (unpaired) electrons. The molecule has 0 aliphatic carbocycles. The fourth-order valence-electron chi connectivity index (χ4n) is 3.50. The third-order valence-corrected chi connectivity index (χ3v) is 5.14. The van der Waals surface area contributed by atoms with Crippen molar-refractivity contribution in [3.05, 3.63) is 82.9 Å². The standard InChI is InChI=1S/C22H18ClNO2/c1-14-24-22(2,18-9-11-19(23)12-10-18)21(26-14)20(25)17-8-7-15-5-3-4-6-16(15)13-17/h3-13,21H,1-2H3. The molecule has 0 saturated carbocycles. The zero-order valence-electron chi connectivity index (χ0n) is 14.6. The van der Waals surface area contributed by atoms with Gasteiger partial charge in [-0.05, 0) is 41.5 Å². The van der Waals surface area contributed by atoms with Crippen molar-refractivity contribution in [2.45, 2.75) is 25.5 Å². The number of benzene rings is 3. The van der Waals surface area contributed by atoms with Crippen molar-refractivity contribution in [3.63, 3.8) is 0 Å². The maximum atomic E-state index is 13.3. The van der Waals surface area contributed by atoms with Crippen molar-refractivity contribution >= 4 is 34.1 Å². The predicted octanol–water partition coefficient (Wildman–Crippen LogP) is 5.41. The Morgan fingerprint density at radius 2 is 1.73 bits per heavy atom. The van der Waals surface area contributed by atoms with E-state index in [0.717, 1.165) is 16.3 Å². The van der Waals surface area contributed by atoms with Crippen molar-refractivity contribution in [2.75, 3.05) is 0 Å². The Labute approximate surface area is 157 Å². The lowest BCUT2D eigenvalue weighted by molar-refractivity contribution is 0.0693. The average molecular weight is 364 g/mol. The second-order valence-corrected chi connectivity index (χ2v) is 7.15. The summed E-state index contributed by atoms with van der Waals surface area (Å²) < 4.78 is 5.86. The Hall–Kier alpha value is -2.65. The molecular weight excluding hydrogens is 346 g/mol. The van der Waals surface area contributed by atoms with Crippen LogP contribution in [0.25, 0.3) is 10.8 Å². The van der Waals surface area contributed by atoms with Gasteiger partial charge in [0.2, 0.25) is 5.78 Å². The minimum Gasteiger partial charge on any atom is -0.467 e. The molecular formula is C22H18ClNO2. The maximum absolute atomic E-state index is 13.3. The summed E-state index contributed by atoms with van der Waals surface area (Å²) in [5.74, 6) is 0.440. The average Bonchev–Trinajstić information content (AvgIpc) is 2.96. The topological polar surface area (TPSA) is 38.7 Å². The number of ketones is 1. The molecule has 1 heterocycles. The highest BCUT2D eigenvalue weighted by Gasteiger charge is 2.47. The van der Waals surface area contributed by atoms with Gasteiger partial charge in [-0.15, -0.1) is 0 Å². The lowest BCUT2D eigenvalue weighted by atomic mass is 9.83. The molecule has 4 rings (SSSR count). The molecule has 0 fully saturated rings. The van der Waals surface area contributed by atoms with Gasteiger partial charge in [-0.3, -0.25) is 4.79 Å². The summed E-state index contributed by atoms with van der Waals surface area (Å²) in [6.45, 7) is 3.71. The second kappa shape index (κ2) is 6.26. The predicted molar refractivity (Wildman–Crippen MR) is 105 cm³/mol. The number of hydrogen-bond acceptors (Lipinski definition) is 3. The van der Waals surface area contributed by atoms with Gasteiger partial charge in [0.1, 0.15) is 5.54 Å². The van der Waals surface area contributed by atoms with E-state index in [1.54, 1.807) is 6.92 Å². The van der Waals surface area contributed by atoms with Crippen LogP contribution in [-0.4, -0.2) is 17.8 Å². The van der Waals surface area contributed by atoms with Crippen LogP contribution in [0, 0.1) is 0 Å². The highest BCUT2D eigenvalue weighted by Crippen LogP contribution is 2.38. The van der Waals surface area contributed by atoms with Crippen LogP contribution in [0.5, 0.6) is 0 Å². The first-order valence-corrected chi connectivity index (χ1v) is 8.87. The summed E-state index contributed by atoms with van der Waals surface area (Å²) in [6, 6.07) is 21.1. The summed E-state index contributed by atoms with van der Waals surface area (Å²) in [4.78, 5) is 17.9. The molecule has 3 nitrogen and oxygen atoms in total. The molecule has 2 unspecified atom stereocenters. The van der Waals surface area contributed by atoms with Crippen molar-refractivity contribution in [3.8, 4) is 0 Å². The molecule has 3 aromatic rings. The van der Waals surface area contributed by atoms with E-state index in [4.69, 9.17) is 16.3 Å². The van der Waals surface area contributed by atoms with Crippen LogP contribution in [0.3, 0.4) is 0 Å². The largest absolute Gasteiger partial charge is 0.467 e. The number of halogens is 1. The molecule has 1 aliphatic heterocycles. The van der Waals surface area contributed by atoms with E-state index in [1.165, 1.54) is 0 Å². The van der Waals surface area contributed by atoms with E-state index in [1.807, 2.05) is 73.7 Å². The summed E-state index contributed by atoms with van der Waals surface area (Å²) in [6.07, 6.45) is -0.704. The van der Waals surface area contributed by atoms with E-state index >= 15 is 0 Å². The third kappa shape index (κ3) is 2.78. The zero-order chi connectivity index (χ0) is 18.3. The van der Waals surface area contributed by atoms with Gasteiger partial charge in [0.05, 0.1) is 0 Å². The zero-order valence-corrected chi connectivity index (χ0v) is 15.3. The molecule has 0 bridgehead atoms. The molecule has 26 heavy (non-hydrogen) atoms. The first-order valence-electron chi connectivity index (χ1n) is 8.49. The van der Waals surface area contributed by atoms with Crippen molar-refractivity contribution in [1.82, 2.24) is 0 Å². The van der Waals surface area contributed by atoms with Crippen molar-refractivity contribution in [1.29, 1.82) is 0 Å². The molecule has 0 spiro atoms. The quantitative estimate of drug-likeness (QED) is 0.584. The van der Waals surface area contributed by atoms with Crippen LogP contribution in [0.2, 0.25) is 5.02 Å². The number of nitrogens with zero attached hydrogens (tertiary/aromatic N) is 1. The number of carbonyl (C=O) groups excluding carboxylic acids is 1. The highest BCUT2D eigenvalue weighted by molar-refractivity contribution is 6.30. The summed E-state index contributed by atoms with van der Waals surface area (Å²) in [5, 5.41) is 2.78. The minimum atomic E-state index is -0.780. The molecule has 2 atom stereocenters. The van der Waals surface area contributed by atoms with Crippen LogP contribution in [0.1, 0.15) is 29.8 Å². The molecule has 0 N–H and O–H groups in total. The number of Topliss-reactive ketones (excluding diaryl/α,β-unsaturated/α-hetero) is 1. The van der Waals surface area contributed by atoms with E-state index in [2.05, 4.69) is 4.99 Å². The number of ether oxygens (including phenoxy) is 1. The molecule has 1 aliphatic rings. The van der Waals surface area contributed by atoms with Crippen LogP contribution >= 0.6 is 11.6 Å². The molecule has 0 aromatic heterocycles. The molecule has 130 valence electrons. The van der Waals surface area contributed by atoms with Crippen LogP contribution in [0.4, 0.5) is 0 Å². The van der Waals surface area contributed by atoms with Gasteiger partial charge in [0.15, 0.2) is 12.0 Å². The van der Waals surface area contributed by atoms with Crippen molar-refractivity contribution in [2.24, 2.45) is 4.99 Å². The first-order chi connectivity index (χ1) is 12.5.